The number of hydrogen-bond acceptors (Lipinski definition) is 4. The van der Waals surface area contributed by atoms with Gasteiger partial charge in [-0.25, -0.2) is 14.8 Å². The first kappa shape index (κ1) is 17.7. The van der Waals surface area contributed by atoms with Gasteiger partial charge in [0.1, 0.15) is 17.1 Å². The smallest absolute Gasteiger partial charge is 0.319 e. The molecule has 4 heterocycles. The van der Waals surface area contributed by atoms with Crippen LogP contribution in [0.2, 0.25) is 0 Å². The van der Waals surface area contributed by atoms with Crippen LogP contribution in [0.4, 0.5) is 10.5 Å². The first-order chi connectivity index (χ1) is 14.8. The second-order valence-electron chi connectivity index (χ2n) is 6.68. The molecule has 0 spiro atoms. The molecule has 2 amide bonds. The molecule has 30 heavy (non-hydrogen) atoms. The number of fused-ring (bicyclic) bond motifs is 1. The van der Waals surface area contributed by atoms with E-state index in [2.05, 4.69) is 20.6 Å². The van der Waals surface area contributed by atoms with E-state index in [0.717, 1.165) is 28.3 Å². The highest BCUT2D eigenvalue weighted by Crippen LogP contribution is 2.30. The third kappa shape index (κ3) is 3.53. The molecule has 0 fully saturated rings. The number of carbonyl (C=O) groups is 1. The Bertz CT molecular complexity index is 1280. The van der Waals surface area contributed by atoms with Crippen LogP contribution in [-0.4, -0.2) is 26.0 Å². The Hall–Kier alpha value is -4.33. The Morgan fingerprint density at radius 1 is 0.900 bits per heavy atom. The van der Waals surface area contributed by atoms with Crippen LogP contribution >= 0.6 is 0 Å². The highest BCUT2D eigenvalue weighted by Gasteiger charge is 2.15. The van der Waals surface area contributed by atoms with Gasteiger partial charge in [-0.1, -0.05) is 0 Å². The third-order valence-corrected chi connectivity index (χ3v) is 4.63. The molecule has 0 aliphatic heterocycles. The summed E-state index contributed by atoms with van der Waals surface area (Å²) in [5, 5.41) is 5.57. The van der Waals surface area contributed by atoms with Gasteiger partial charge in [0.2, 0.25) is 0 Å². The monoisotopic (exact) mass is 398 g/mol. The number of nitrogens with zero attached hydrogens (tertiary/aromatic N) is 2. The van der Waals surface area contributed by atoms with Gasteiger partial charge in [-0.15, -0.1) is 0 Å². The highest BCUT2D eigenvalue weighted by atomic mass is 16.3. The minimum absolute atomic E-state index is 0.308. The second kappa shape index (κ2) is 7.59. The SMILES string of the molecule is O=C(NCc1ccco1)Nc1ccc2nc(-c3ccc[nH]3)c(-c3ccc[nH]3)nc2c1. The quantitative estimate of drug-likeness (QED) is 0.348. The lowest BCUT2D eigenvalue weighted by molar-refractivity contribution is 0.251. The summed E-state index contributed by atoms with van der Waals surface area (Å²) in [4.78, 5) is 28.2. The molecule has 5 aromatic rings. The molecular weight excluding hydrogens is 380 g/mol. The number of aromatic nitrogens is 4. The van der Waals surface area contributed by atoms with E-state index < -0.39 is 0 Å². The second-order valence-corrected chi connectivity index (χ2v) is 6.68. The molecule has 0 unspecified atom stereocenters. The van der Waals surface area contributed by atoms with Crippen LogP contribution in [0.5, 0.6) is 0 Å². The molecule has 0 bridgehead atoms. The van der Waals surface area contributed by atoms with Crippen LogP contribution < -0.4 is 10.6 Å². The molecule has 4 N–H and O–H groups in total. The van der Waals surface area contributed by atoms with Crippen LogP contribution in [0, 0.1) is 0 Å². The number of furan rings is 1. The number of H-pyrrole nitrogens is 2. The van der Waals surface area contributed by atoms with E-state index in [1.165, 1.54) is 0 Å². The maximum absolute atomic E-state index is 12.2. The van der Waals surface area contributed by atoms with Gasteiger partial charge in [0.25, 0.3) is 0 Å². The van der Waals surface area contributed by atoms with Crippen molar-refractivity contribution in [3.8, 4) is 22.8 Å². The average Bonchev–Trinajstić information content (AvgIpc) is 3.54. The van der Waals surface area contributed by atoms with Gasteiger partial charge in [0.05, 0.1) is 35.2 Å². The van der Waals surface area contributed by atoms with Crippen LogP contribution in [-0.2, 0) is 6.54 Å². The zero-order valence-electron chi connectivity index (χ0n) is 15.8. The van der Waals surface area contributed by atoms with Crippen LogP contribution in [0.3, 0.4) is 0 Å². The van der Waals surface area contributed by atoms with E-state index in [0.29, 0.717) is 23.5 Å². The number of rotatable bonds is 5. The molecule has 5 rings (SSSR count). The largest absolute Gasteiger partial charge is 0.467 e. The lowest BCUT2D eigenvalue weighted by Crippen LogP contribution is -2.27. The lowest BCUT2D eigenvalue weighted by Gasteiger charge is -2.10. The summed E-state index contributed by atoms with van der Waals surface area (Å²) in [6, 6.07) is 16.5. The molecule has 148 valence electrons. The molecule has 1 aromatic carbocycles. The topological polar surface area (TPSA) is 112 Å². The minimum Gasteiger partial charge on any atom is -0.467 e. The van der Waals surface area contributed by atoms with Crippen molar-refractivity contribution in [2.45, 2.75) is 6.54 Å². The molecule has 8 heteroatoms. The molecule has 0 radical (unpaired) electrons. The highest BCUT2D eigenvalue weighted by molar-refractivity contribution is 5.93. The van der Waals surface area contributed by atoms with Crippen molar-refractivity contribution in [1.29, 1.82) is 0 Å². The Morgan fingerprint density at radius 3 is 2.27 bits per heavy atom. The standard InChI is InChI=1S/C22H18N6O2/c29-22(25-13-15-4-3-11-30-15)26-14-7-8-16-19(12-14)28-21(18-6-2-10-24-18)20(27-16)17-5-1-9-23-17/h1-12,23-24H,13H2,(H2,25,26,29). The van der Waals surface area contributed by atoms with E-state index in [-0.39, 0.29) is 6.03 Å². The predicted octanol–water partition coefficient (Wildman–Crippen LogP) is 4.53. The minimum atomic E-state index is -0.327. The van der Waals surface area contributed by atoms with Crippen molar-refractivity contribution in [1.82, 2.24) is 25.3 Å². The summed E-state index contributed by atoms with van der Waals surface area (Å²) in [5.74, 6) is 0.682. The lowest BCUT2D eigenvalue weighted by atomic mass is 10.1. The number of urea groups is 1. The van der Waals surface area contributed by atoms with Crippen molar-refractivity contribution in [3.05, 3.63) is 79.0 Å². The Kier molecular flexibility index (Phi) is 4.49. The van der Waals surface area contributed by atoms with E-state index in [1.807, 2.05) is 42.7 Å². The zero-order chi connectivity index (χ0) is 20.3. The molecular formula is C22H18N6O2. The fraction of sp³-hybridized carbons (Fsp3) is 0.0455. The van der Waals surface area contributed by atoms with Crippen molar-refractivity contribution >= 4 is 22.8 Å². The van der Waals surface area contributed by atoms with Crippen molar-refractivity contribution in [3.63, 3.8) is 0 Å². The Labute approximate surface area is 171 Å². The first-order valence-corrected chi connectivity index (χ1v) is 9.43. The number of nitrogens with one attached hydrogen (secondary N) is 4. The fourth-order valence-electron chi connectivity index (χ4n) is 3.22. The van der Waals surface area contributed by atoms with Gasteiger partial charge < -0.3 is 25.0 Å². The van der Waals surface area contributed by atoms with Crippen molar-refractivity contribution in [2.24, 2.45) is 0 Å². The van der Waals surface area contributed by atoms with Gasteiger partial charge in [-0.2, -0.15) is 0 Å². The maximum atomic E-state index is 12.2. The summed E-state index contributed by atoms with van der Waals surface area (Å²) in [5.41, 5.74) is 5.27. The Morgan fingerprint density at radius 2 is 1.63 bits per heavy atom. The van der Waals surface area contributed by atoms with Crippen molar-refractivity contribution < 1.29 is 9.21 Å². The summed E-state index contributed by atoms with van der Waals surface area (Å²) in [7, 11) is 0. The summed E-state index contributed by atoms with van der Waals surface area (Å²) >= 11 is 0. The van der Waals surface area contributed by atoms with Gasteiger partial charge >= 0.3 is 6.03 Å². The average molecular weight is 398 g/mol. The molecule has 0 saturated heterocycles. The summed E-state index contributed by atoms with van der Waals surface area (Å²) < 4.78 is 5.22. The molecule has 8 nitrogen and oxygen atoms in total. The fourth-order valence-corrected chi connectivity index (χ4v) is 3.22. The number of amides is 2. The number of benzene rings is 1. The van der Waals surface area contributed by atoms with Crippen LogP contribution in [0.1, 0.15) is 5.76 Å². The third-order valence-electron chi connectivity index (χ3n) is 4.63. The van der Waals surface area contributed by atoms with Gasteiger partial charge in [-0.05, 0) is 54.6 Å². The number of hydrogen-bond donors (Lipinski definition) is 4. The molecule has 0 saturated carbocycles. The molecule has 0 aliphatic rings. The Balaban J connectivity index is 1.45. The number of aromatic amines is 2. The van der Waals surface area contributed by atoms with Gasteiger partial charge in [-0.3, -0.25) is 0 Å². The van der Waals surface area contributed by atoms with Gasteiger partial charge in [0, 0.05) is 18.1 Å². The van der Waals surface area contributed by atoms with E-state index in [4.69, 9.17) is 14.4 Å². The summed E-state index contributed by atoms with van der Waals surface area (Å²) in [6.45, 7) is 0.308. The van der Waals surface area contributed by atoms with E-state index in [1.54, 1.807) is 30.5 Å². The van der Waals surface area contributed by atoms with Crippen molar-refractivity contribution in [2.75, 3.05) is 5.32 Å². The summed E-state index contributed by atoms with van der Waals surface area (Å²) in [6.07, 6.45) is 5.27. The maximum Gasteiger partial charge on any atom is 0.319 e. The normalized spacial score (nSPS) is 10.9. The number of carbonyl (C=O) groups excluding carboxylic acids is 1. The predicted molar refractivity (Wildman–Crippen MR) is 114 cm³/mol. The van der Waals surface area contributed by atoms with Gasteiger partial charge in [0.15, 0.2) is 0 Å². The van der Waals surface area contributed by atoms with Crippen LogP contribution in [0.25, 0.3) is 33.8 Å². The van der Waals surface area contributed by atoms with Crippen LogP contribution in [0.15, 0.2) is 77.7 Å². The molecule has 0 aliphatic carbocycles. The molecule has 0 atom stereocenters. The van der Waals surface area contributed by atoms with E-state index in [9.17, 15) is 4.79 Å². The number of anilines is 1. The van der Waals surface area contributed by atoms with E-state index >= 15 is 0 Å². The molecule has 4 aromatic heterocycles. The zero-order valence-corrected chi connectivity index (χ0v) is 15.8. The first-order valence-electron chi connectivity index (χ1n) is 9.43.